The minimum atomic E-state index is -3.50. The van der Waals surface area contributed by atoms with Crippen molar-refractivity contribution >= 4 is 10.0 Å². The van der Waals surface area contributed by atoms with Gasteiger partial charge in [-0.25, -0.2) is 13.1 Å². The average Bonchev–Trinajstić information content (AvgIpc) is 2.27. The lowest BCUT2D eigenvalue weighted by molar-refractivity contribution is 0.270. The highest BCUT2D eigenvalue weighted by molar-refractivity contribution is 7.89. The summed E-state index contributed by atoms with van der Waals surface area (Å²) >= 11 is 0. The maximum absolute atomic E-state index is 12.2. The van der Waals surface area contributed by atoms with Gasteiger partial charge in [0.15, 0.2) is 0 Å². The number of sulfonamides is 1. The molecule has 1 unspecified atom stereocenters. The fourth-order valence-electron chi connectivity index (χ4n) is 1.89. The summed E-state index contributed by atoms with van der Waals surface area (Å²) in [6.45, 7) is 5.59. The summed E-state index contributed by atoms with van der Waals surface area (Å²) in [6, 6.07) is 5.04. The Kier molecular flexibility index (Phi) is 5.31. The van der Waals surface area contributed by atoms with Crippen LogP contribution in [-0.2, 0) is 10.0 Å². The summed E-state index contributed by atoms with van der Waals surface area (Å²) in [5.74, 6) is 0. The van der Waals surface area contributed by atoms with Gasteiger partial charge in [-0.05, 0) is 38.3 Å². The molecule has 0 bridgehead atoms. The van der Waals surface area contributed by atoms with Crippen molar-refractivity contribution in [1.29, 1.82) is 0 Å². The zero-order chi connectivity index (χ0) is 13.8. The van der Waals surface area contributed by atoms with Crippen molar-refractivity contribution in [2.24, 2.45) is 0 Å². The van der Waals surface area contributed by atoms with Crippen LogP contribution in [0, 0.1) is 13.8 Å². The SMILES string of the molecule is CCC(CCO)NS(=O)(=O)c1ccc(C)cc1C. The highest BCUT2D eigenvalue weighted by atomic mass is 32.2. The van der Waals surface area contributed by atoms with Gasteiger partial charge >= 0.3 is 0 Å². The van der Waals surface area contributed by atoms with Crippen LogP contribution in [0.25, 0.3) is 0 Å². The second-order valence-electron chi connectivity index (χ2n) is 4.51. The van der Waals surface area contributed by atoms with Gasteiger partial charge in [0.2, 0.25) is 10.0 Å². The molecule has 0 saturated carbocycles. The molecule has 1 aromatic rings. The Labute approximate surface area is 109 Å². The summed E-state index contributed by atoms with van der Waals surface area (Å²) in [6.07, 6.45) is 1.09. The third kappa shape index (κ3) is 3.80. The van der Waals surface area contributed by atoms with Crippen LogP contribution in [-0.4, -0.2) is 26.2 Å². The molecule has 18 heavy (non-hydrogen) atoms. The Bertz CT molecular complexity index is 497. The summed E-state index contributed by atoms with van der Waals surface area (Å²) in [7, 11) is -3.50. The van der Waals surface area contributed by atoms with E-state index in [1.54, 1.807) is 19.1 Å². The molecule has 0 aliphatic carbocycles. The second-order valence-corrected chi connectivity index (χ2v) is 6.19. The molecule has 2 N–H and O–H groups in total. The molecule has 0 amide bonds. The molecule has 0 radical (unpaired) electrons. The molecule has 0 saturated heterocycles. The summed E-state index contributed by atoms with van der Waals surface area (Å²) in [5.41, 5.74) is 1.77. The lowest BCUT2D eigenvalue weighted by atomic mass is 10.2. The van der Waals surface area contributed by atoms with Crippen molar-refractivity contribution in [3.63, 3.8) is 0 Å². The van der Waals surface area contributed by atoms with E-state index in [1.165, 1.54) is 0 Å². The summed E-state index contributed by atoms with van der Waals surface area (Å²) < 4.78 is 27.1. The molecule has 0 aliphatic heterocycles. The normalized spacial score (nSPS) is 13.6. The van der Waals surface area contributed by atoms with E-state index in [9.17, 15) is 8.42 Å². The van der Waals surface area contributed by atoms with E-state index in [2.05, 4.69) is 4.72 Å². The smallest absolute Gasteiger partial charge is 0.241 e. The monoisotopic (exact) mass is 271 g/mol. The van der Waals surface area contributed by atoms with Gasteiger partial charge in [-0.1, -0.05) is 24.6 Å². The topological polar surface area (TPSA) is 66.4 Å². The molecule has 102 valence electrons. The van der Waals surface area contributed by atoms with Crippen LogP contribution in [0.3, 0.4) is 0 Å². The first kappa shape index (κ1) is 15.1. The van der Waals surface area contributed by atoms with E-state index in [0.29, 0.717) is 17.7 Å². The second kappa shape index (κ2) is 6.31. The highest BCUT2D eigenvalue weighted by Crippen LogP contribution is 2.17. The van der Waals surface area contributed by atoms with Crippen LogP contribution in [0.5, 0.6) is 0 Å². The number of aryl methyl sites for hydroxylation is 2. The fourth-order valence-corrected chi connectivity index (χ4v) is 3.47. The first-order valence-electron chi connectivity index (χ1n) is 6.11. The molecule has 0 spiro atoms. The largest absolute Gasteiger partial charge is 0.396 e. The number of aliphatic hydroxyl groups is 1. The predicted octanol–water partition coefficient (Wildman–Crippen LogP) is 1.74. The molecule has 5 heteroatoms. The van der Waals surface area contributed by atoms with Crippen molar-refractivity contribution in [2.45, 2.75) is 44.6 Å². The average molecular weight is 271 g/mol. The van der Waals surface area contributed by atoms with Crippen LogP contribution in [0.15, 0.2) is 23.1 Å². The standard InChI is InChI=1S/C13H21NO3S/c1-4-12(7-8-15)14-18(16,17)13-6-5-10(2)9-11(13)3/h5-6,9,12,14-15H,4,7-8H2,1-3H3. The zero-order valence-corrected chi connectivity index (χ0v) is 11.9. The Morgan fingerprint density at radius 3 is 2.50 bits per heavy atom. The molecule has 0 fully saturated rings. The Balaban J connectivity index is 2.99. The van der Waals surface area contributed by atoms with Crippen LogP contribution in [0.4, 0.5) is 0 Å². The van der Waals surface area contributed by atoms with Crippen molar-refractivity contribution in [3.05, 3.63) is 29.3 Å². The van der Waals surface area contributed by atoms with E-state index in [4.69, 9.17) is 5.11 Å². The van der Waals surface area contributed by atoms with E-state index in [-0.39, 0.29) is 12.6 Å². The number of hydrogen-bond donors (Lipinski definition) is 2. The first-order chi connectivity index (χ1) is 8.40. The van der Waals surface area contributed by atoms with Gasteiger partial charge in [0.05, 0.1) is 4.90 Å². The molecular weight excluding hydrogens is 250 g/mol. The lowest BCUT2D eigenvalue weighted by Crippen LogP contribution is -2.35. The summed E-state index contributed by atoms with van der Waals surface area (Å²) in [4.78, 5) is 0.310. The first-order valence-corrected chi connectivity index (χ1v) is 7.59. The number of hydrogen-bond acceptors (Lipinski definition) is 3. The van der Waals surface area contributed by atoms with Crippen LogP contribution < -0.4 is 4.72 Å². The van der Waals surface area contributed by atoms with Gasteiger partial charge in [0.25, 0.3) is 0 Å². The van der Waals surface area contributed by atoms with E-state index in [1.807, 2.05) is 19.9 Å². The Hall–Kier alpha value is -0.910. The third-order valence-corrected chi connectivity index (χ3v) is 4.59. The van der Waals surface area contributed by atoms with Gasteiger partial charge in [-0.2, -0.15) is 0 Å². The van der Waals surface area contributed by atoms with Gasteiger partial charge in [-0.3, -0.25) is 0 Å². The quantitative estimate of drug-likeness (QED) is 0.828. The number of aliphatic hydroxyl groups excluding tert-OH is 1. The van der Waals surface area contributed by atoms with Crippen LogP contribution in [0.2, 0.25) is 0 Å². The Morgan fingerprint density at radius 2 is 2.00 bits per heavy atom. The number of nitrogens with one attached hydrogen (secondary N) is 1. The van der Waals surface area contributed by atoms with E-state index < -0.39 is 10.0 Å². The molecule has 1 atom stereocenters. The third-order valence-electron chi connectivity index (χ3n) is 2.91. The molecular formula is C13H21NO3S. The van der Waals surface area contributed by atoms with Crippen molar-refractivity contribution in [1.82, 2.24) is 4.72 Å². The minimum absolute atomic E-state index is 0.0199. The van der Waals surface area contributed by atoms with E-state index >= 15 is 0 Å². The molecule has 0 heterocycles. The maximum Gasteiger partial charge on any atom is 0.241 e. The lowest BCUT2D eigenvalue weighted by Gasteiger charge is -2.17. The number of benzene rings is 1. The van der Waals surface area contributed by atoms with E-state index in [0.717, 1.165) is 11.1 Å². The van der Waals surface area contributed by atoms with Crippen molar-refractivity contribution in [2.75, 3.05) is 6.61 Å². The van der Waals surface area contributed by atoms with Crippen molar-refractivity contribution < 1.29 is 13.5 Å². The molecule has 0 aliphatic rings. The maximum atomic E-state index is 12.2. The predicted molar refractivity (Wildman–Crippen MR) is 72.0 cm³/mol. The van der Waals surface area contributed by atoms with Crippen LogP contribution in [0.1, 0.15) is 30.9 Å². The Morgan fingerprint density at radius 1 is 1.33 bits per heavy atom. The number of rotatable bonds is 6. The fraction of sp³-hybridized carbons (Fsp3) is 0.538. The van der Waals surface area contributed by atoms with Crippen LogP contribution >= 0.6 is 0 Å². The highest BCUT2D eigenvalue weighted by Gasteiger charge is 2.20. The van der Waals surface area contributed by atoms with Gasteiger partial charge in [0.1, 0.15) is 0 Å². The molecule has 1 aromatic carbocycles. The molecule has 4 nitrogen and oxygen atoms in total. The molecule has 0 aromatic heterocycles. The van der Waals surface area contributed by atoms with Gasteiger partial charge in [0, 0.05) is 12.6 Å². The summed E-state index contributed by atoms with van der Waals surface area (Å²) in [5, 5.41) is 8.89. The van der Waals surface area contributed by atoms with Crippen molar-refractivity contribution in [3.8, 4) is 0 Å². The van der Waals surface area contributed by atoms with Gasteiger partial charge in [-0.15, -0.1) is 0 Å². The van der Waals surface area contributed by atoms with Gasteiger partial charge < -0.3 is 5.11 Å². The zero-order valence-electron chi connectivity index (χ0n) is 11.1. The molecule has 1 rings (SSSR count). The minimum Gasteiger partial charge on any atom is -0.396 e.